The Kier molecular flexibility index (Phi) is 2.84. The normalized spacial score (nSPS) is 28.4. The third-order valence-electron chi connectivity index (χ3n) is 3.03. The molecule has 0 amide bonds. The van der Waals surface area contributed by atoms with Gasteiger partial charge in [-0.2, -0.15) is 0 Å². The summed E-state index contributed by atoms with van der Waals surface area (Å²) in [4.78, 5) is 23.6. The van der Waals surface area contributed by atoms with Gasteiger partial charge >= 0.3 is 0 Å². The van der Waals surface area contributed by atoms with Crippen molar-refractivity contribution >= 4 is 11.6 Å². The first-order valence-electron chi connectivity index (χ1n) is 5.33. The smallest absolute Gasteiger partial charge is 0.148 e. The van der Waals surface area contributed by atoms with Crippen LogP contribution >= 0.6 is 0 Å². The highest BCUT2D eigenvalue weighted by molar-refractivity contribution is 6.05. The molecule has 0 heterocycles. The fraction of sp³-hybridized carbons (Fsp3) is 0.833. The summed E-state index contributed by atoms with van der Waals surface area (Å²) in [6, 6.07) is 0. The van der Waals surface area contributed by atoms with Crippen LogP contribution in [0.4, 0.5) is 0 Å². The number of hydrogen-bond donors (Lipinski definition) is 0. The highest BCUT2D eigenvalue weighted by Crippen LogP contribution is 2.41. The minimum absolute atomic E-state index is 0.0709. The van der Waals surface area contributed by atoms with Gasteiger partial charge in [-0.05, 0) is 19.3 Å². The Hall–Kier alpha value is -0.660. The Labute approximate surface area is 86.1 Å². The second kappa shape index (κ2) is 3.48. The molecule has 0 aromatic carbocycles. The summed E-state index contributed by atoms with van der Waals surface area (Å²) in [5.41, 5.74) is -0.396. The number of rotatable bonds is 3. The van der Waals surface area contributed by atoms with Crippen molar-refractivity contribution in [3.63, 3.8) is 0 Å². The van der Waals surface area contributed by atoms with Crippen molar-refractivity contribution in [3.8, 4) is 0 Å². The Morgan fingerprint density at radius 1 is 1.29 bits per heavy atom. The van der Waals surface area contributed by atoms with Crippen LogP contribution in [0, 0.1) is 23.2 Å². The highest BCUT2D eigenvalue weighted by Gasteiger charge is 2.44. The maximum Gasteiger partial charge on any atom is 0.148 e. The number of carbonyl (C=O) groups excluding carboxylic acids is 2. The second-order valence-corrected chi connectivity index (χ2v) is 5.56. The van der Waals surface area contributed by atoms with E-state index in [1.54, 1.807) is 6.92 Å². The van der Waals surface area contributed by atoms with E-state index in [1.807, 2.05) is 20.8 Å². The van der Waals surface area contributed by atoms with Crippen LogP contribution in [0.3, 0.4) is 0 Å². The molecule has 0 bridgehead atoms. The van der Waals surface area contributed by atoms with Crippen molar-refractivity contribution in [2.75, 3.05) is 0 Å². The van der Waals surface area contributed by atoms with Crippen LogP contribution < -0.4 is 0 Å². The van der Waals surface area contributed by atoms with E-state index in [2.05, 4.69) is 6.92 Å². The summed E-state index contributed by atoms with van der Waals surface area (Å²) < 4.78 is 0. The molecule has 2 nitrogen and oxygen atoms in total. The Bertz CT molecular complexity index is 260. The van der Waals surface area contributed by atoms with Crippen molar-refractivity contribution in [2.24, 2.45) is 23.2 Å². The van der Waals surface area contributed by atoms with Gasteiger partial charge in [-0.25, -0.2) is 0 Å². The van der Waals surface area contributed by atoms with Gasteiger partial charge in [0, 0.05) is 11.3 Å². The Morgan fingerprint density at radius 2 is 1.71 bits per heavy atom. The summed E-state index contributed by atoms with van der Waals surface area (Å²) in [6.07, 6.45) is 0.973. The first-order valence-corrected chi connectivity index (χ1v) is 5.33. The largest absolute Gasteiger partial charge is 0.299 e. The quantitative estimate of drug-likeness (QED) is 0.650. The lowest BCUT2D eigenvalue weighted by Crippen LogP contribution is -2.32. The molecule has 0 radical (unpaired) electrons. The van der Waals surface area contributed by atoms with E-state index >= 15 is 0 Å². The molecule has 0 aromatic heterocycles. The summed E-state index contributed by atoms with van der Waals surface area (Å²) in [5, 5.41) is 0. The fourth-order valence-electron chi connectivity index (χ4n) is 1.82. The highest BCUT2D eigenvalue weighted by atomic mass is 16.2. The molecule has 3 unspecified atom stereocenters. The van der Waals surface area contributed by atoms with Crippen LogP contribution in [0.2, 0.25) is 0 Å². The predicted molar refractivity (Wildman–Crippen MR) is 55.9 cm³/mol. The van der Waals surface area contributed by atoms with E-state index in [9.17, 15) is 9.59 Å². The number of carbonyl (C=O) groups is 2. The Balaban J connectivity index is 2.61. The van der Waals surface area contributed by atoms with Crippen LogP contribution in [0.15, 0.2) is 0 Å². The van der Waals surface area contributed by atoms with Crippen molar-refractivity contribution in [1.82, 2.24) is 0 Å². The van der Waals surface area contributed by atoms with E-state index < -0.39 is 11.3 Å². The lowest BCUT2D eigenvalue weighted by Gasteiger charge is -2.20. The van der Waals surface area contributed by atoms with Gasteiger partial charge in [0.05, 0.1) is 5.92 Å². The molecular weight excluding hydrogens is 176 g/mol. The van der Waals surface area contributed by atoms with E-state index in [4.69, 9.17) is 0 Å². The van der Waals surface area contributed by atoms with Gasteiger partial charge in [0.25, 0.3) is 0 Å². The summed E-state index contributed by atoms with van der Waals surface area (Å²) >= 11 is 0. The molecule has 1 aliphatic carbocycles. The van der Waals surface area contributed by atoms with Gasteiger partial charge in [0.2, 0.25) is 0 Å². The van der Waals surface area contributed by atoms with Crippen molar-refractivity contribution in [3.05, 3.63) is 0 Å². The van der Waals surface area contributed by atoms with Crippen molar-refractivity contribution in [2.45, 2.75) is 41.0 Å². The molecule has 3 atom stereocenters. The van der Waals surface area contributed by atoms with Gasteiger partial charge < -0.3 is 0 Å². The molecule has 0 N–H and O–H groups in total. The first kappa shape index (κ1) is 11.4. The van der Waals surface area contributed by atoms with E-state index in [0.717, 1.165) is 6.42 Å². The summed E-state index contributed by atoms with van der Waals surface area (Å²) in [7, 11) is 0. The molecule has 1 fully saturated rings. The van der Waals surface area contributed by atoms with E-state index in [0.29, 0.717) is 5.92 Å². The topological polar surface area (TPSA) is 34.1 Å². The van der Waals surface area contributed by atoms with Crippen LogP contribution in [-0.4, -0.2) is 11.6 Å². The van der Waals surface area contributed by atoms with E-state index in [1.165, 1.54) is 0 Å². The molecular formula is C12H20O2. The number of ketones is 2. The molecule has 0 aliphatic heterocycles. The Morgan fingerprint density at radius 3 is 2.00 bits per heavy atom. The van der Waals surface area contributed by atoms with Gasteiger partial charge in [0.1, 0.15) is 11.6 Å². The van der Waals surface area contributed by atoms with E-state index in [-0.39, 0.29) is 17.5 Å². The third-order valence-corrected chi connectivity index (χ3v) is 3.03. The maximum atomic E-state index is 11.8. The average Bonchev–Trinajstić information content (AvgIpc) is 2.77. The third kappa shape index (κ3) is 2.23. The number of Topliss-reactive ketones (excluding diaryl/α,β-unsaturated/α-hetero) is 2. The molecule has 1 saturated carbocycles. The SMILES string of the molecule is CC(C(=O)C1CC1C)C(=O)C(C)(C)C. The minimum atomic E-state index is -0.412. The molecule has 1 rings (SSSR count). The van der Waals surface area contributed by atoms with Crippen molar-refractivity contribution < 1.29 is 9.59 Å². The van der Waals surface area contributed by atoms with Crippen LogP contribution in [-0.2, 0) is 9.59 Å². The van der Waals surface area contributed by atoms with Gasteiger partial charge in [-0.15, -0.1) is 0 Å². The average molecular weight is 196 g/mol. The van der Waals surface area contributed by atoms with Gasteiger partial charge in [-0.1, -0.05) is 27.7 Å². The standard InChI is InChI=1S/C12H20O2/c1-7-6-9(7)10(13)8(2)11(14)12(3,4)5/h7-9H,6H2,1-5H3. The lowest BCUT2D eigenvalue weighted by atomic mass is 9.81. The van der Waals surface area contributed by atoms with Crippen molar-refractivity contribution in [1.29, 1.82) is 0 Å². The summed E-state index contributed by atoms with van der Waals surface area (Å²) in [6.45, 7) is 9.43. The molecule has 0 saturated heterocycles. The first-order chi connectivity index (χ1) is 6.25. The predicted octanol–water partition coefficient (Wildman–Crippen LogP) is 2.46. The lowest BCUT2D eigenvalue weighted by molar-refractivity contribution is -0.137. The zero-order chi connectivity index (χ0) is 11.1. The summed E-state index contributed by atoms with van der Waals surface area (Å²) in [5.74, 6) is 0.470. The van der Waals surface area contributed by atoms with Gasteiger partial charge in [-0.3, -0.25) is 9.59 Å². The fourth-order valence-corrected chi connectivity index (χ4v) is 1.82. The molecule has 2 heteroatoms. The molecule has 0 spiro atoms. The second-order valence-electron chi connectivity index (χ2n) is 5.56. The zero-order valence-corrected chi connectivity index (χ0v) is 9.76. The maximum absolute atomic E-state index is 11.8. The molecule has 80 valence electrons. The number of hydrogen-bond acceptors (Lipinski definition) is 2. The molecule has 0 aromatic rings. The molecule has 14 heavy (non-hydrogen) atoms. The zero-order valence-electron chi connectivity index (χ0n) is 9.76. The minimum Gasteiger partial charge on any atom is -0.299 e. The monoisotopic (exact) mass is 196 g/mol. The van der Waals surface area contributed by atoms with Crippen LogP contribution in [0.25, 0.3) is 0 Å². The van der Waals surface area contributed by atoms with Crippen LogP contribution in [0.5, 0.6) is 0 Å². The molecule has 1 aliphatic rings. The van der Waals surface area contributed by atoms with Crippen LogP contribution in [0.1, 0.15) is 41.0 Å². The van der Waals surface area contributed by atoms with Gasteiger partial charge in [0.15, 0.2) is 0 Å².